The Hall–Kier alpha value is -3.27. The van der Waals surface area contributed by atoms with Crippen molar-refractivity contribution in [2.75, 3.05) is 12.4 Å². The molecule has 156 valence electrons. The van der Waals surface area contributed by atoms with Crippen molar-refractivity contribution in [2.24, 2.45) is 0 Å². The van der Waals surface area contributed by atoms with E-state index in [0.29, 0.717) is 30.0 Å². The maximum atomic E-state index is 14.0. The van der Waals surface area contributed by atoms with Gasteiger partial charge in [0.05, 0.1) is 7.11 Å². The maximum absolute atomic E-state index is 14.0. The molecule has 0 bridgehead atoms. The number of methoxy groups -OCH3 is 1. The Bertz CT molecular complexity index is 1030. The first kappa shape index (κ1) is 21.4. The molecule has 0 aromatic heterocycles. The number of anilines is 1. The molecule has 0 aliphatic carbocycles. The van der Waals surface area contributed by atoms with Crippen molar-refractivity contribution in [1.82, 2.24) is 0 Å². The number of halogens is 1. The molecule has 3 aromatic carbocycles. The van der Waals surface area contributed by atoms with E-state index in [1.165, 1.54) is 17.2 Å². The second-order valence-corrected chi connectivity index (χ2v) is 7.33. The van der Waals surface area contributed by atoms with Gasteiger partial charge in [0.15, 0.2) is 11.5 Å². The topological polar surface area (TPSA) is 30.5 Å². The molecule has 0 atom stereocenters. The molecule has 0 aliphatic rings. The molecule has 3 nitrogen and oxygen atoms in total. The third kappa shape index (κ3) is 5.20. The van der Waals surface area contributed by atoms with Crippen LogP contribution in [0.2, 0.25) is 0 Å². The molecule has 3 aromatic rings. The number of hydrogen-bond donors (Lipinski definition) is 1. The molecule has 0 amide bonds. The second-order valence-electron chi connectivity index (χ2n) is 7.33. The summed E-state index contributed by atoms with van der Waals surface area (Å²) >= 11 is 0. The Balaban J connectivity index is 1.83. The molecule has 0 saturated heterocycles. The average Bonchev–Trinajstić information content (AvgIpc) is 2.73. The zero-order valence-electron chi connectivity index (χ0n) is 17.8. The van der Waals surface area contributed by atoms with Gasteiger partial charge in [-0.3, -0.25) is 0 Å². The van der Waals surface area contributed by atoms with Gasteiger partial charge in [0, 0.05) is 23.4 Å². The summed E-state index contributed by atoms with van der Waals surface area (Å²) in [6, 6.07) is 17.0. The van der Waals surface area contributed by atoms with Crippen LogP contribution in [0, 0.1) is 19.7 Å². The summed E-state index contributed by atoms with van der Waals surface area (Å²) in [6.07, 6.45) is 2.45. The van der Waals surface area contributed by atoms with Crippen LogP contribution in [0.25, 0.3) is 0 Å². The molecular formula is C26H28FNO2. The summed E-state index contributed by atoms with van der Waals surface area (Å²) in [5, 5.41) is 3.49. The van der Waals surface area contributed by atoms with E-state index in [9.17, 15) is 4.39 Å². The Morgan fingerprint density at radius 1 is 1.03 bits per heavy atom. The van der Waals surface area contributed by atoms with Crippen molar-refractivity contribution < 1.29 is 13.9 Å². The van der Waals surface area contributed by atoms with Crippen LogP contribution in [-0.4, -0.2) is 7.11 Å². The lowest BCUT2D eigenvalue weighted by atomic mass is 10.0. The highest BCUT2D eigenvalue weighted by molar-refractivity contribution is 5.54. The van der Waals surface area contributed by atoms with E-state index in [2.05, 4.69) is 50.0 Å². The van der Waals surface area contributed by atoms with Crippen LogP contribution in [0.1, 0.15) is 27.8 Å². The highest BCUT2D eigenvalue weighted by Gasteiger charge is 2.14. The first-order chi connectivity index (χ1) is 14.5. The SMILES string of the molecule is C=CCc1cc(CNc2ccc(C)cc2C)cc(OC)c1OCc1ccccc1F. The molecule has 0 radical (unpaired) electrons. The fourth-order valence-electron chi connectivity index (χ4n) is 3.42. The Labute approximate surface area is 178 Å². The predicted octanol–water partition coefficient (Wildman–Crippen LogP) is 6.37. The lowest BCUT2D eigenvalue weighted by Crippen LogP contribution is -2.06. The summed E-state index contributed by atoms with van der Waals surface area (Å²) < 4.78 is 25.6. The molecular weight excluding hydrogens is 377 g/mol. The minimum absolute atomic E-state index is 0.132. The van der Waals surface area contributed by atoms with Crippen LogP contribution >= 0.6 is 0 Å². The van der Waals surface area contributed by atoms with Crippen LogP contribution in [-0.2, 0) is 19.6 Å². The number of rotatable bonds is 9. The largest absolute Gasteiger partial charge is 0.493 e. The molecule has 0 heterocycles. The van der Waals surface area contributed by atoms with Gasteiger partial charge in [-0.05, 0) is 55.7 Å². The second kappa shape index (κ2) is 9.97. The smallest absolute Gasteiger partial charge is 0.165 e. The maximum Gasteiger partial charge on any atom is 0.165 e. The number of aryl methyl sites for hydroxylation is 2. The zero-order chi connectivity index (χ0) is 21.5. The van der Waals surface area contributed by atoms with Crippen LogP contribution in [0.3, 0.4) is 0 Å². The highest BCUT2D eigenvalue weighted by Crippen LogP contribution is 2.35. The van der Waals surface area contributed by atoms with E-state index in [4.69, 9.17) is 9.47 Å². The van der Waals surface area contributed by atoms with Crippen molar-refractivity contribution in [2.45, 2.75) is 33.4 Å². The first-order valence-electron chi connectivity index (χ1n) is 9.99. The van der Waals surface area contributed by atoms with Crippen molar-refractivity contribution in [3.63, 3.8) is 0 Å². The monoisotopic (exact) mass is 405 g/mol. The molecule has 0 unspecified atom stereocenters. The van der Waals surface area contributed by atoms with E-state index in [0.717, 1.165) is 16.8 Å². The van der Waals surface area contributed by atoms with E-state index in [1.807, 2.05) is 12.1 Å². The van der Waals surface area contributed by atoms with Gasteiger partial charge < -0.3 is 14.8 Å². The average molecular weight is 406 g/mol. The Kier molecular flexibility index (Phi) is 7.12. The van der Waals surface area contributed by atoms with Crippen LogP contribution < -0.4 is 14.8 Å². The number of allylic oxidation sites excluding steroid dienone is 1. The van der Waals surface area contributed by atoms with E-state index in [-0.39, 0.29) is 12.4 Å². The van der Waals surface area contributed by atoms with Gasteiger partial charge in [0.25, 0.3) is 0 Å². The van der Waals surface area contributed by atoms with Crippen LogP contribution in [0.4, 0.5) is 10.1 Å². The third-order valence-corrected chi connectivity index (χ3v) is 4.97. The molecule has 0 saturated carbocycles. The predicted molar refractivity (Wildman–Crippen MR) is 121 cm³/mol. The fraction of sp³-hybridized carbons (Fsp3) is 0.231. The number of nitrogens with one attached hydrogen (secondary N) is 1. The van der Waals surface area contributed by atoms with Crippen molar-refractivity contribution in [1.29, 1.82) is 0 Å². The van der Waals surface area contributed by atoms with E-state index < -0.39 is 0 Å². The number of ether oxygens (including phenoxy) is 2. The van der Waals surface area contributed by atoms with E-state index in [1.54, 1.807) is 25.3 Å². The summed E-state index contributed by atoms with van der Waals surface area (Å²) in [5.41, 5.74) is 6.08. The Morgan fingerprint density at radius 3 is 2.53 bits per heavy atom. The molecule has 0 spiro atoms. The molecule has 0 fully saturated rings. The molecule has 1 N–H and O–H groups in total. The van der Waals surface area contributed by atoms with Crippen molar-refractivity contribution >= 4 is 5.69 Å². The standard InChI is InChI=1S/C26H28FNO2/c1-5-8-21-14-20(16-28-24-12-11-18(2)13-19(24)3)15-25(29-4)26(21)30-17-22-9-6-7-10-23(22)27/h5-7,9-15,28H,1,8,16-17H2,2-4H3. The summed E-state index contributed by atoms with van der Waals surface area (Å²) in [7, 11) is 1.62. The lowest BCUT2D eigenvalue weighted by Gasteiger charge is -2.18. The summed E-state index contributed by atoms with van der Waals surface area (Å²) in [4.78, 5) is 0. The molecule has 4 heteroatoms. The first-order valence-corrected chi connectivity index (χ1v) is 9.99. The van der Waals surface area contributed by atoms with Gasteiger partial charge in [-0.1, -0.05) is 42.0 Å². The fourth-order valence-corrected chi connectivity index (χ4v) is 3.42. The zero-order valence-corrected chi connectivity index (χ0v) is 17.8. The normalized spacial score (nSPS) is 10.5. The van der Waals surface area contributed by atoms with Crippen molar-refractivity contribution in [3.8, 4) is 11.5 Å². The van der Waals surface area contributed by atoms with Gasteiger partial charge in [-0.25, -0.2) is 4.39 Å². The minimum Gasteiger partial charge on any atom is -0.493 e. The van der Waals surface area contributed by atoms with Gasteiger partial charge in [0.2, 0.25) is 0 Å². The minimum atomic E-state index is -0.281. The lowest BCUT2D eigenvalue weighted by molar-refractivity contribution is 0.277. The van der Waals surface area contributed by atoms with Gasteiger partial charge in [0.1, 0.15) is 12.4 Å². The summed E-state index contributed by atoms with van der Waals surface area (Å²) in [6.45, 7) is 8.82. The quantitative estimate of drug-likeness (QED) is 0.420. The van der Waals surface area contributed by atoms with Crippen molar-refractivity contribution in [3.05, 3.63) is 101 Å². The highest BCUT2D eigenvalue weighted by atomic mass is 19.1. The number of hydrogen-bond acceptors (Lipinski definition) is 3. The van der Waals surface area contributed by atoms with Crippen LogP contribution in [0.15, 0.2) is 67.3 Å². The van der Waals surface area contributed by atoms with E-state index >= 15 is 0 Å². The molecule has 30 heavy (non-hydrogen) atoms. The summed E-state index contributed by atoms with van der Waals surface area (Å²) in [5.74, 6) is 0.968. The number of benzene rings is 3. The molecule has 0 aliphatic heterocycles. The molecule has 3 rings (SSSR count). The van der Waals surface area contributed by atoms with Gasteiger partial charge in [-0.15, -0.1) is 6.58 Å². The Morgan fingerprint density at radius 2 is 1.83 bits per heavy atom. The van der Waals surface area contributed by atoms with Gasteiger partial charge in [-0.2, -0.15) is 0 Å². The van der Waals surface area contributed by atoms with Crippen LogP contribution in [0.5, 0.6) is 11.5 Å². The van der Waals surface area contributed by atoms with Gasteiger partial charge >= 0.3 is 0 Å². The third-order valence-electron chi connectivity index (χ3n) is 4.97.